The van der Waals surface area contributed by atoms with Crippen LogP contribution >= 0.6 is 0 Å². The molecule has 1 aromatic heterocycles. The van der Waals surface area contributed by atoms with Gasteiger partial charge in [-0.25, -0.2) is 18.7 Å². The summed E-state index contributed by atoms with van der Waals surface area (Å²) in [5.74, 6) is -2.31. The van der Waals surface area contributed by atoms with E-state index in [9.17, 15) is 18.7 Å². The number of fused-ring (bicyclic) bond motifs is 3. The second-order valence-electron chi connectivity index (χ2n) is 8.20. The van der Waals surface area contributed by atoms with Crippen molar-refractivity contribution >= 4 is 11.7 Å². The lowest BCUT2D eigenvalue weighted by Crippen LogP contribution is -2.21. The van der Waals surface area contributed by atoms with E-state index in [1.807, 2.05) is 30.3 Å². The molecule has 5 rings (SSSR count). The number of hydrogen-bond acceptors (Lipinski definition) is 4. The standard InChI is InChI=1S/C27H21F2N3O2/c28-20-12-10-16(14-21(20)29)15-23(33)31-27-25(26(34)18-7-2-1-3-8-18)32-24-19-9-5-4-6-17(19)11-13-22(24)30-27/h1-10,12,14,26,34H,11,13,15H2,(H,30,31,33). The fourth-order valence-corrected chi connectivity index (χ4v) is 4.18. The molecule has 0 radical (unpaired) electrons. The summed E-state index contributed by atoms with van der Waals surface area (Å²) in [4.78, 5) is 22.2. The Morgan fingerprint density at radius 3 is 2.50 bits per heavy atom. The first kappa shape index (κ1) is 21.9. The van der Waals surface area contributed by atoms with Gasteiger partial charge >= 0.3 is 0 Å². The number of amides is 1. The summed E-state index contributed by atoms with van der Waals surface area (Å²) < 4.78 is 26.8. The maximum absolute atomic E-state index is 13.6. The van der Waals surface area contributed by atoms with Crippen molar-refractivity contribution in [2.45, 2.75) is 25.4 Å². The molecule has 1 heterocycles. The van der Waals surface area contributed by atoms with E-state index in [4.69, 9.17) is 4.98 Å². The maximum Gasteiger partial charge on any atom is 0.229 e. The minimum atomic E-state index is -1.12. The number of hydrogen-bond donors (Lipinski definition) is 2. The zero-order valence-electron chi connectivity index (χ0n) is 18.1. The molecule has 0 fully saturated rings. The summed E-state index contributed by atoms with van der Waals surface area (Å²) in [7, 11) is 0. The Balaban J connectivity index is 1.53. The van der Waals surface area contributed by atoms with Crippen molar-refractivity contribution < 1.29 is 18.7 Å². The predicted molar refractivity (Wildman–Crippen MR) is 124 cm³/mol. The van der Waals surface area contributed by atoms with Crippen LogP contribution < -0.4 is 5.32 Å². The topological polar surface area (TPSA) is 75.1 Å². The van der Waals surface area contributed by atoms with E-state index >= 15 is 0 Å². The SMILES string of the molecule is O=C(Cc1ccc(F)c(F)c1)Nc1nc2c(nc1C(O)c1ccccc1)-c1ccccc1CC2. The maximum atomic E-state index is 13.6. The van der Waals surface area contributed by atoms with E-state index in [0.717, 1.165) is 35.4 Å². The highest BCUT2D eigenvalue weighted by Crippen LogP contribution is 2.35. The van der Waals surface area contributed by atoms with Crippen molar-refractivity contribution in [2.24, 2.45) is 0 Å². The van der Waals surface area contributed by atoms with Gasteiger partial charge in [0.05, 0.1) is 17.8 Å². The van der Waals surface area contributed by atoms with E-state index in [0.29, 0.717) is 23.2 Å². The fourth-order valence-electron chi connectivity index (χ4n) is 4.18. The number of halogens is 2. The number of aliphatic hydroxyl groups is 1. The first-order valence-corrected chi connectivity index (χ1v) is 11.0. The molecule has 1 atom stereocenters. The van der Waals surface area contributed by atoms with Gasteiger partial charge in [-0.2, -0.15) is 0 Å². The molecule has 4 aromatic rings. The Hall–Kier alpha value is -3.97. The van der Waals surface area contributed by atoms with Crippen LogP contribution in [0.4, 0.5) is 14.6 Å². The van der Waals surface area contributed by atoms with Crippen LogP contribution in [0.3, 0.4) is 0 Å². The van der Waals surface area contributed by atoms with Crippen LogP contribution in [0.15, 0.2) is 72.8 Å². The Morgan fingerprint density at radius 2 is 1.71 bits per heavy atom. The van der Waals surface area contributed by atoms with E-state index < -0.39 is 23.6 Å². The molecule has 1 unspecified atom stereocenters. The summed E-state index contributed by atoms with van der Waals surface area (Å²) in [5, 5.41) is 13.9. The number of aryl methyl sites for hydroxylation is 2. The van der Waals surface area contributed by atoms with Gasteiger partial charge in [0.2, 0.25) is 5.91 Å². The molecule has 0 saturated carbocycles. The first-order chi connectivity index (χ1) is 16.5. The normalized spacial score (nSPS) is 13.0. The highest BCUT2D eigenvalue weighted by Gasteiger charge is 2.26. The molecular formula is C27H21F2N3O2. The Bertz CT molecular complexity index is 1380. The second-order valence-corrected chi connectivity index (χ2v) is 8.20. The largest absolute Gasteiger partial charge is 0.382 e. The fraction of sp³-hybridized carbons (Fsp3) is 0.148. The summed E-state index contributed by atoms with van der Waals surface area (Å²) in [5.41, 5.74) is 4.67. The van der Waals surface area contributed by atoms with Crippen LogP contribution in [-0.2, 0) is 24.1 Å². The van der Waals surface area contributed by atoms with Gasteiger partial charge < -0.3 is 10.4 Å². The van der Waals surface area contributed by atoms with Gasteiger partial charge in [-0.1, -0.05) is 60.7 Å². The molecule has 2 N–H and O–H groups in total. The third-order valence-corrected chi connectivity index (χ3v) is 5.88. The summed E-state index contributed by atoms with van der Waals surface area (Å²) >= 11 is 0. The van der Waals surface area contributed by atoms with Crippen LogP contribution in [0.5, 0.6) is 0 Å². The number of nitrogens with one attached hydrogen (secondary N) is 1. The smallest absolute Gasteiger partial charge is 0.229 e. The van der Waals surface area contributed by atoms with Gasteiger partial charge in [0, 0.05) is 5.56 Å². The van der Waals surface area contributed by atoms with Crippen LogP contribution in [0.1, 0.15) is 34.2 Å². The van der Waals surface area contributed by atoms with E-state index in [1.165, 1.54) is 6.07 Å². The number of carbonyl (C=O) groups excluding carboxylic acids is 1. The number of aromatic nitrogens is 2. The lowest BCUT2D eigenvalue weighted by atomic mass is 9.91. The van der Waals surface area contributed by atoms with Crippen molar-refractivity contribution in [1.82, 2.24) is 9.97 Å². The number of aliphatic hydroxyl groups excluding tert-OH is 1. The average molecular weight is 457 g/mol. The molecule has 0 saturated heterocycles. The number of anilines is 1. The molecule has 5 nitrogen and oxygen atoms in total. The van der Waals surface area contributed by atoms with Gasteiger partial charge in [-0.3, -0.25) is 4.79 Å². The molecule has 7 heteroatoms. The van der Waals surface area contributed by atoms with Gasteiger partial charge in [0.1, 0.15) is 11.8 Å². The zero-order valence-corrected chi connectivity index (χ0v) is 18.1. The number of carbonyl (C=O) groups is 1. The van der Waals surface area contributed by atoms with E-state index in [1.54, 1.807) is 24.3 Å². The van der Waals surface area contributed by atoms with Gasteiger partial charge in [-0.05, 0) is 41.7 Å². The van der Waals surface area contributed by atoms with E-state index in [2.05, 4.69) is 10.3 Å². The monoisotopic (exact) mass is 457 g/mol. The number of rotatable bonds is 5. The highest BCUT2D eigenvalue weighted by molar-refractivity contribution is 5.92. The van der Waals surface area contributed by atoms with Crippen molar-refractivity contribution in [3.63, 3.8) is 0 Å². The zero-order chi connectivity index (χ0) is 23.7. The van der Waals surface area contributed by atoms with Crippen LogP contribution in [0, 0.1) is 11.6 Å². The highest BCUT2D eigenvalue weighted by atomic mass is 19.2. The average Bonchev–Trinajstić information content (AvgIpc) is 2.86. The minimum absolute atomic E-state index is 0.155. The Kier molecular flexibility index (Phi) is 5.86. The molecule has 34 heavy (non-hydrogen) atoms. The van der Waals surface area contributed by atoms with Gasteiger partial charge in [0.15, 0.2) is 17.5 Å². The molecule has 1 aliphatic rings. The predicted octanol–water partition coefficient (Wildman–Crippen LogP) is 4.78. The Labute approximate surface area is 195 Å². The minimum Gasteiger partial charge on any atom is -0.382 e. The van der Waals surface area contributed by atoms with E-state index in [-0.39, 0.29) is 17.9 Å². The first-order valence-electron chi connectivity index (χ1n) is 11.0. The molecule has 170 valence electrons. The molecule has 3 aromatic carbocycles. The van der Waals surface area contributed by atoms with Crippen molar-refractivity contribution in [3.8, 4) is 11.3 Å². The van der Waals surface area contributed by atoms with Crippen LogP contribution in [0.25, 0.3) is 11.3 Å². The van der Waals surface area contributed by atoms with Crippen LogP contribution in [0.2, 0.25) is 0 Å². The second kappa shape index (κ2) is 9.11. The van der Waals surface area contributed by atoms with Gasteiger partial charge in [0.25, 0.3) is 0 Å². The summed E-state index contributed by atoms with van der Waals surface area (Å²) in [6.07, 6.45) is 0.139. The van der Waals surface area contributed by atoms with Crippen molar-refractivity contribution in [2.75, 3.05) is 5.32 Å². The molecule has 0 aliphatic heterocycles. The molecular weight excluding hydrogens is 436 g/mol. The molecule has 0 bridgehead atoms. The van der Waals surface area contributed by atoms with Crippen molar-refractivity contribution in [1.29, 1.82) is 0 Å². The lowest BCUT2D eigenvalue weighted by Gasteiger charge is -2.22. The van der Waals surface area contributed by atoms with Crippen molar-refractivity contribution in [3.05, 3.63) is 113 Å². The third kappa shape index (κ3) is 4.30. The molecule has 1 aliphatic carbocycles. The lowest BCUT2D eigenvalue weighted by molar-refractivity contribution is -0.115. The quantitative estimate of drug-likeness (QED) is 0.452. The number of nitrogens with zero attached hydrogens (tertiary/aromatic N) is 2. The number of benzene rings is 3. The molecule has 0 spiro atoms. The third-order valence-electron chi connectivity index (χ3n) is 5.88. The summed E-state index contributed by atoms with van der Waals surface area (Å²) in [6.45, 7) is 0. The summed E-state index contributed by atoms with van der Waals surface area (Å²) in [6, 6.07) is 20.3. The Morgan fingerprint density at radius 1 is 0.941 bits per heavy atom. The van der Waals surface area contributed by atoms with Gasteiger partial charge in [-0.15, -0.1) is 0 Å². The van der Waals surface area contributed by atoms with Crippen LogP contribution in [-0.4, -0.2) is 21.0 Å². The molecule has 1 amide bonds.